The van der Waals surface area contributed by atoms with Crippen molar-refractivity contribution in [3.05, 3.63) is 0 Å². The number of nitrogens with one attached hydrogen (secondary N) is 2. The van der Waals surface area contributed by atoms with E-state index >= 15 is 0 Å². The molecule has 1 fully saturated rings. The Balaban J connectivity index is 2.19. The molecule has 1 rings (SSSR count). The molecule has 0 unspecified atom stereocenters. The Hall–Kier alpha value is -0.610. The van der Waals surface area contributed by atoms with Gasteiger partial charge in [-0.3, -0.25) is 4.79 Å². The predicted octanol–water partition coefficient (Wildman–Crippen LogP) is 1.58. The second kappa shape index (κ2) is 7.74. The van der Waals surface area contributed by atoms with Crippen molar-refractivity contribution in [3.63, 3.8) is 0 Å². The van der Waals surface area contributed by atoms with Gasteiger partial charge in [0.2, 0.25) is 5.91 Å². The highest BCUT2D eigenvalue weighted by Gasteiger charge is 2.28. The molecule has 0 heterocycles. The lowest BCUT2D eigenvalue weighted by Crippen LogP contribution is -2.43. The summed E-state index contributed by atoms with van der Waals surface area (Å²) < 4.78 is 0. The van der Waals surface area contributed by atoms with E-state index in [-0.39, 0.29) is 5.91 Å². The first-order valence-corrected chi connectivity index (χ1v) is 7.24. The van der Waals surface area contributed by atoms with Gasteiger partial charge in [-0.15, -0.1) is 0 Å². The number of carbonyl (C=O) groups excluding carboxylic acids is 1. The van der Waals surface area contributed by atoms with Crippen LogP contribution in [-0.2, 0) is 4.79 Å². The highest BCUT2D eigenvalue weighted by atomic mass is 16.3. The molecule has 18 heavy (non-hydrogen) atoms. The molecular formula is C14H28N2O2. The minimum absolute atomic E-state index is 0.0285. The molecule has 0 bridgehead atoms. The van der Waals surface area contributed by atoms with E-state index in [2.05, 4.69) is 24.5 Å². The van der Waals surface area contributed by atoms with Gasteiger partial charge in [0.25, 0.3) is 0 Å². The van der Waals surface area contributed by atoms with Crippen LogP contribution in [0.25, 0.3) is 0 Å². The van der Waals surface area contributed by atoms with Crippen LogP contribution in [0.1, 0.15) is 58.8 Å². The van der Waals surface area contributed by atoms with Gasteiger partial charge in [0.15, 0.2) is 0 Å². The second-order valence-corrected chi connectivity index (χ2v) is 5.77. The largest absolute Gasteiger partial charge is 0.388 e. The lowest BCUT2D eigenvalue weighted by molar-refractivity contribution is -0.122. The van der Waals surface area contributed by atoms with Crippen LogP contribution in [0.2, 0.25) is 0 Å². The molecule has 0 saturated heterocycles. The average Bonchev–Trinajstić information content (AvgIpc) is 2.52. The van der Waals surface area contributed by atoms with E-state index in [9.17, 15) is 9.90 Å². The summed E-state index contributed by atoms with van der Waals surface area (Å²) in [6, 6.07) is 0.406. The zero-order valence-corrected chi connectivity index (χ0v) is 11.8. The van der Waals surface area contributed by atoms with E-state index in [4.69, 9.17) is 0 Å². The Morgan fingerprint density at radius 3 is 2.39 bits per heavy atom. The Morgan fingerprint density at radius 2 is 1.83 bits per heavy atom. The lowest BCUT2D eigenvalue weighted by Gasteiger charge is -2.26. The summed E-state index contributed by atoms with van der Waals surface area (Å²) in [6.07, 6.45) is 6.66. The average molecular weight is 256 g/mol. The fourth-order valence-corrected chi connectivity index (χ4v) is 2.39. The number of carbonyl (C=O) groups is 1. The van der Waals surface area contributed by atoms with E-state index < -0.39 is 5.60 Å². The van der Waals surface area contributed by atoms with Crippen molar-refractivity contribution in [3.8, 4) is 0 Å². The Bertz CT molecular complexity index is 246. The van der Waals surface area contributed by atoms with E-state index in [1.807, 2.05) is 0 Å². The van der Waals surface area contributed by atoms with Crippen LogP contribution in [0.5, 0.6) is 0 Å². The van der Waals surface area contributed by atoms with Crippen molar-refractivity contribution >= 4 is 5.91 Å². The first-order valence-electron chi connectivity index (χ1n) is 7.24. The van der Waals surface area contributed by atoms with E-state index in [0.29, 0.717) is 25.6 Å². The van der Waals surface area contributed by atoms with Crippen molar-refractivity contribution in [1.82, 2.24) is 10.6 Å². The Labute approximate surface area is 111 Å². The molecule has 1 aliphatic carbocycles. The van der Waals surface area contributed by atoms with Crippen molar-refractivity contribution in [2.45, 2.75) is 70.4 Å². The van der Waals surface area contributed by atoms with Crippen LogP contribution in [-0.4, -0.2) is 35.7 Å². The molecule has 0 aliphatic heterocycles. The molecule has 0 aromatic carbocycles. The van der Waals surface area contributed by atoms with Crippen molar-refractivity contribution in [2.24, 2.45) is 0 Å². The van der Waals surface area contributed by atoms with Gasteiger partial charge in [-0.25, -0.2) is 0 Å². The topological polar surface area (TPSA) is 61.4 Å². The molecule has 106 valence electrons. The zero-order valence-electron chi connectivity index (χ0n) is 11.8. The molecule has 0 aromatic rings. The summed E-state index contributed by atoms with van der Waals surface area (Å²) in [4.78, 5) is 11.6. The molecule has 0 atom stereocenters. The van der Waals surface area contributed by atoms with Crippen molar-refractivity contribution in [2.75, 3.05) is 13.1 Å². The fraction of sp³-hybridized carbons (Fsp3) is 0.929. The van der Waals surface area contributed by atoms with Gasteiger partial charge >= 0.3 is 0 Å². The van der Waals surface area contributed by atoms with Gasteiger partial charge in [0.05, 0.1) is 5.60 Å². The highest BCUT2D eigenvalue weighted by molar-refractivity contribution is 5.76. The highest BCUT2D eigenvalue weighted by Crippen LogP contribution is 2.26. The SMILES string of the molecule is CC(C)NCCC(=O)NCC1(O)CCCCCC1. The molecule has 3 N–H and O–H groups in total. The number of aliphatic hydroxyl groups is 1. The Kier molecular flexibility index (Phi) is 6.65. The smallest absolute Gasteiger partial charge is 0.221 e. The van der Waals surface area contributed by atoms with Gasteiger partial charge in [-0.2, -0.15) is 0 Å². The van der Waals surface area contributed by atoms with Crippen LogP contribution in [0.3, 0.4) is 0 Å². The van der Waals surface area contributed by atoms with Crippen LogP contribution in [0, 0.1) is 0 Å². The van der Waals surface area contributed by atoms with Crippen LogP contribution >= 0.6 is 0 Å². The quantitative estimate of drug-likeness (QED) is 0.632. The van der Waals surface area contributed by atoms with Gasteiger partial charge in [0, 0.05) is 25.6 Å². The molecule has 4 nitrogen and oxygen atoms in total. The van der Waals surface area contributed by atoms with Crippen LogP contribution in [0.4, 0.5) is 0 Å². The summed E-state index contributed by atoms with van der Waals surface area (Å²) >= 11 is 0. The van der Waals surface area contributed by atoms with E-state index in [0.717, 1.165) is 25.7 Å². The minimum atomic E-state index is -0.669. The lowest BCUT2D eigenvalue weighted by atomic mass is 9.94. The molecule has 1 saturated carbocycles. The standard InChI is InChI=1S/C14H28N2O2/c1-12(2)15-10-7-13(17)16-11-14(18)8-5-3-4-6-9-14/h12,15,18H,3-11H2,1-2H3,(H,16,17). The Morgan fingerprint density at radius 1 is 1.22 bits per heavy atom. The zero-order chi connectivity index (χ0) is 13.4. The number of rotatable bonds is 6. The summed E-state index contributed by atoms with van der Waals surface area (Å²) in [7, 11) is 0. The maximum atomic E-state index is 11.6. The van der Waals surface area contributed by atoms with Gasteiger partial charge in [0.1, 0.15) is 0 Å². The maximum absolute atomic E-state index is 11.6. The first kappa shape index (κ1) is 15.4. The molecular weight excluding hydrogens is 228 g/mol. The number of hydrogen-bond donors (Lipinski definition) is 3. The summed E-state index contributed by atoms with van der Waals surface area (Å²) in [5.74, 6) is 0.0285. The maximum Gasteiger partial charge on any atom is 0.221 e. The van der Waals surface area contributed by atoms with Gasteiger partial charge in [-0.05, 0) is 12.8 Å². The third-order valence-corrected chi connectivity index (χ3v) is 3.55. The monoisotopic (exact) mass is 256 g/mol. The van der Waals surface area contributed by atoms with E-state index in [1.54, 1.807) is 0 Å². The third-order valence-electron chi connectivity index (χ3n) is 3.55. The van der Waals surface area contributed by atoms with Gasteiger partial charge in [-0.1, -0.05) is 39.5 Å². The molecule has 1 amide bonds. The fourth-order valence-electron chi connectivity index (χ4n) is 2.39. The summed E-state index contributed by atoms with van der Waals surface area (Å²) in [5, 5.41) is 16.5. The molecule has 1 aliphatic rings. The minimum Gasteiger partial charge on any atom is -0.388 e. The third kappa shape index (κ3) is 6.36. The normalized spacial score (nSPS) is 19.6. The number of amides is 1. The van der Waals surface area contributed by atoms with Crippen LogP contribution in [0.15, 0.2) is 0 Å². The van der Waals surface area contributed by atoms with Crippen LogP contribution < -0.4 is 10.6 Å². The van der Waals surface area contributed by atoms with Gasteiger partial charge < -0.3 is 15.7 Å². The molecule has 0 radical (unpaired) electrons. The van der Waals surface area contributed by atoms with Crippen molar-refractivity contribution in [1.29, 1.82) is 0 Å². The second-order valence-electron chi connectivity index (χ2n) is 5.77. The van der Waals surface area contributed by atoms with E-state index in [1.165, 1.54) is 12.8 Å². The summed E-state index contributed by atoms with van der Waals surface area (Å²) in [6.45, 7) is 5.23. The first-order chi connectivity index (χ1) is 8.52. The molecule has 0 spiro atoms. The van der Waals surface area contributed by atoms with Crippen molar-refractivity contribution < 1.29 is 9.90 Å². The summed E-state index contributed by atoms with van der Waals surface area (Å²) in [5.41, 5.74) is -0.669. The number of hydrogen-bond acceptors (Lipinski definition) is 3. The molecule has 0 aromatic heterocycles. The molecule has 4 heteroatoms. The predicted molar refractivity (Wildman–Crippen MR) is 73.4 cm³/mol.